The van der Waals surface area contributed by atoms with Crippen LogP contribution in [-0.2, 0) is 6.54 Å². The monoisotopic (exact) mass is 395 g/mol. The standard InChI is InChI=1S/C19H14FN5O4/c1-29-18-7-4-13(20)8-15(18)19(26)22-10-12-2-5-14(6-3-12)24-16(9-21)17(11-23-24)25(27)28/h2-8,11H,10H2,1H3,(H,22,26). The van der Waals surface area contributed by atoms with Crippen LogP contribution in [0.1, 0.15) is 21.6 Å². The fourth-order valence-corrected chi connectivity index (χ4v) is 2.66. The summed E-state index contributed by atoms with van der Waals surface area (Å²) < 4.78 is 19.6. The van der Waals surface area contributed by atoms with E-state index < -0.39 is 16.6 Å². The minimum atomic E-state index is -0.674. The molecule has 10 heteroatoms. The van der Waals surface area contributed by atoms with Gasteiger partial charge in [-0.25, -0.2) is 9.07 Å². The number of nitriles is 1. The van der Waals surface area contributed by atoms with E-state index in [0.29, 0.717) is 5.69 Å². The first-order valence-corrected chi connectivity index (χ1v) is 8.28. The first-order valence-electron chi connectivity index (χ1n) is 8.28. The zero-order valence-corrected chi connectivity index (χ0v) is 15.1. The molecule has 0 fully saturated rings. The largest absolute Gasteiger partial charge is 0.496 e. The normalized spacial score (nSPS) is 10.2. The number of benzene rings is 2. The van der Waals surface area contributed by atoms with Gasteiger partial charge in [0, 0.05) is 6.54 Å². The van der Waals surface area contributed by atoms with Crippen LogP contribution in [0.25, 0.3) is 5.69 Å². The van der Waals surface area contributed by atoms with Gasteiger partial charge in [-0.05, 0) is 35.9 Å². The molecule has 9 nitrogen and oxygen atoms in total. The maximum Gasteiger partial charge on any atom is 0.325 e. The molecule has 1 aromatic heterocycles. The molecule has 0 atom stereocenters. The molecule has 0 radical (unpaired) electrons. The molecule has 0 aliphatic heterocycles. The van der Waals surface area contributed by atoms with Crippen LogP contribution in [0.15, 0.2) is 48.7 Å². The van der Waals surface area contributed by atoms with Gasteiger partial charge in [-0.3, -0.25) is 14.9 Å². The molecule has 2 aromatic carbocycles. The van der Waals surface area contributed by atoms with Crippen molar-refractivity contribution in [1.82, 2.24) is 15.1 Å². The molecule has 1 N–H and O–H groups in total. The van der Waals surface area contributed by atoms with Gasteiger partial charge in [0.05, 0.1) is 23.3 Å². The number of nitrogens with zero attached hydrogens (tertiary/aromatic N) is 4. The lowest BCUT2D eigenvalue weighted by molar-refractivity contribution is -0.385. The predicted molar refractivity (Wildman–Crippen MR) is 99.1 cm³/mol. The fraction of sp³-hybridized carbons (Fsp3) is 0.105. The van der Waals surface area contributed by atoms with Gasteiger partial charge in [0.25, 0.3) is 5.91 Å². The van der Waals surface area contributed by atoms with Crippen LogP contribution in [0.2, 0.25) is 0 Å². The van der Waals surface area contributed by atoms with Crippen LogP contribution in [0, 0.1) is 27.3 Å². The molecule has 3 rings (SSSR count). The van der Waals surface area contributed by atoms with Gasteiger partial charge >= 0.3 is 5.69 Å². The van der Waals surface area contributed by atoms with Crippen molar-refractivity contribution in [3.05, 3.63) is 81.4 Å². The summed E-state index contributed by atoms with van der Waals surface area (Å²) in [6.45, 7) is 0.156. The van der Waals surface area contributed by atoms with E-state index in [-0.39, 0.29) is 29.2 Å². The lowest BCUT2D eigenvalue weighted by Crippen LogP contribution is -2.23. The zero-order valence-electron chi connectivity index (χ0n) is 15.1. The van der Waals surface area contributed by atoms with Gasteiger partial charge in [-0.1, -0.05) is 12.1 Å². The Morgan fingerprint density at radius 3 is 2.69 bits per heavy atom. The minimum Gasteiger partial charge on any atom is -0.496 e. The Bertz CT molecular complexity index is 1120. The van der Waals surface area contributed by atoms with Crippen molar-refractivity contribution >= 4 is 11.6 Å². The van der Waals surface area contributed by atoms with Gasteiger partial charge in [0.1, 0.15) is 23.8 Å². The summed E-state index contributed by atoms with van der Waals surface area (Å²) in [4.78, 5) is 22.6. The first-order chi connectivity index (χ1) is 13.9. The maximum atomic E-state index is 13.4. The molecule has 0 saturated heterocycles. The summed E-state index contributed by atoms with van der Waals surface area (Å²) in [6.07, 6.45) is 1.01. The number of amides is 1. The van der Waals surface area contributed by atoms with Crippen molar-refractivity contribution in [3.63, 3.8) is 0 Å². The topological polar surface area (TPSA) is 123 Å². The third-order valence-corrected chi connectivity index (χ3v) is 4.09. The van der Waals surface area contributed by atoms with E-state index in [1.54, 1.807) is 30.3 Å². The summed E-state index contributed by atoms with van der Waals surface area (Å²) in [5, 5.41) is 26.7. The Morgan fingerprint density at radius 2 is 2.07 bits per heavy atom. The van der Waals surface area contributed by atoms with E-state index in [1.807, 2.05) is 0 Å². The van der Waals surface area contributed by atoms with Gasteiger partial charge in [-0.2, -0.15) is 10.4 Å². The molecular weight excluding hydrogens is 381 g/mol. The highest BCUT2D eigenvalue weighted by Crippen LogP contribution is 2.21. The van der Waals surface area contributed by atoms with Gasteiger partial charge in [-0.15, -0.1) is 0 Å². The van der Waals surface area contributed by atoms with E-state index in [9.17, 15) is 19.3 Å². The second-order valence-corrected chi connectivity index (χ2v) is 5.85. The summed E-state index contributed by atoms with van der Waals surface area (Å²) in [7, 11) is 1.39. The van der Waals surface area contributed by atoms with E-state index in [4.69, 9.17) is 10.00 Å². The molecule has 1 heterocycles. The van der Waals surface area contributed by atoms with Crippen molar-refractivity contribution in [2.75, 3.05) is 7.11 Å². The number of aromatic nitrogens is 2. The molecule has 0 bridgehead atoms. The van der Waals surface area contributed by atoms with Gasteiger partial charge in [0.15, 0.2) is 0 Å². The average Bonchev–Trinajstić information content (AvgIpc) is 3.16. The third-order valence-electron chi connectivity index (χ3n) is 4.09. The second kappa shape index (κ2) is 8.18. The van der Waals surface area contributed by atoms with E-state index in [0.717, 1.165) is 22.5 Å². The number of halogens is 1. The summed E-state index contributed by atoms with van der Waals surface area (Å²) >= 11 is 0. The summed E-state index contributed by atoms with van der Waals surface area (Å²) in [5.41, 5.74) is 0.683. The Hall–Kier alpha value is -4.26. The number of carbonyl (C=O) groups is 1. The Kier molecular flexibility index (Phi) is 5.50. The molecule has 29 heavy (non-hydrogen) atoms. The molecular formula is C19H14FN5O4. The number of nitrogens with one attached hydrogen (secondary N) is 1. The van der Waals surface area contributed by atoms with Crippen molar-refractivity contribution in [1.29, 1.82) is 5.26 Å². The van der Waals surface area contributed by atoms with Crippen molar-refractivity contribution in [2.24, 2.45) is 0 Å². The lowest BCUT2D eigenvalue weighted by Gasteiger charge is -2.10. The first kappa shape index (κ1) is 19.5. The van der Waals surface area contributed by atoms with Crippen LogP contribution in [0.3, 0.4) is 0 Å². The number of hydrogen-bond donors (Lipinski definition) is 1. The quantitative estimate of drug-likeness (QED) is 0.506. The second-order valence-electron chi connectivity index (χ2n) is 5.85. The van der Waals surface area contributed by atoms with Crippen LogP contribution in [-0.4, -0.2) is 27.7 Å². The number of ether oxygens (including phenoxy) is 1. The zero-order chi connectivity index (χ0) is 21.0. The third kappa shape index (κ3) is 4.03. The number of nitro groups is 1. The fourth-order valence-electron chi connectivity index (χ4n) is 2.66. The number of methoxy groups -OCH3 is 1. The van der Waals surface area contributed by atoms with Crippen molar-refractivity contribution < 1.29 is 18.8 Å². The molecule has 0 spiro atoms. The van der Waals surface area contributed by atoms with Gasteiger partial charge in [0.2, 0.25) is 5.69 Å². The Morgan fingerprint density at radius 1 is 1.34 bits per heavy atom. The molecule has 0 aliphatic carbocycles. The van der Waals surface area contributed by atoms with Crippen molar-refractivity contribution in [3.8, 4) is 17.5 Å². The number of hydrogen-bond acceptors (Lipinski definition) is 6. The SMILES string of the molecule is COc1ccc(F)cc1C(=O)NCc1ccc(-n2ncc([N+](=O)[O-])c2C#N)cc1. The molecule has 146 valence electrons. The molecule has 1 amide bonds. The van der Waals surface area contributed by atoms with Crippen LogP contribution in [0.5, 0.6) is 5.75 Å². The highest BCUT2D eigenvalue weighted by atomic mass is 19.1. The van der Waals surface area contributed by atoms with Crippen LogP contribution in [0.4, 0.5) is 10.1 Å². The van der Waals surface area contributed by atoms with E-state index >= 15 is 0 Å². The summed E-state index contributed by atoms with van der Waals surface area (Å²) in [5.74, 6) is -0.801. The Labute approximate surface area is 164 Å². The van der Waals surface area contributed by atoms with Crippen molar-refractivity contribution in [2.45, 2.75) is 6.54 Å². The Balaban J connectivity index is 1.74. The molecule has 0 aliphatic rings. The van der Waals surface area contributed by atoms with Crippen LogP contribution >= 0.6 is 0 Å². The highest BCUT2D eigenvalue weighted by molar-refractivity contribution is 5.96. The minimum absolute atomic E-state index is 0.0756. The number of carbonyl (C=O) groups excluding carboxylic acids is 1. The smallest absolute Gasteiger partial charge is 0.325 e. The summed E-state index contributed by atoms with van der Waals surface area (Å²) in [6, 6.07) is 12.0. The molecule has 0 unspecified atom stereocenters. The number of rotatable bonds is 6. The molecule has 3 aromatic rings. The van der Waals surface area contributed by atoms with Gasteiger partial charge < -0.3 is 10.1 Å². The maximum absolute atomic E-state index is 13.4. The predicted octanol–water partition coefficient (Wildman–Crippen LogP) is 2.73. The lowest BCUT2D eigenvalue weighted by atomic mass is 10.1. The average molecular weight is 395 g/mol. The van der Waals surface area contributed by atoms with E-state index in [1.165, 1.54) is 19.2 Å². The molecule has 0 saturated carbocycles. The van der Waals surface area contributed by atoms with Crippen LogP contribution < -0.4 is 10.1 Å². The highest BCUT2D eigenvalue weighted by Gasteiger charge is 2.21. The van der Waals surface area contributed by atoms with E-state index in [2.05, 4.69) is 10.4 Å².